The maximum atomic E-state index is 13.2. The van der Waals surface area contributed by atoms with Crippen molar-refractivity contribution >= 4 is 22.6 Å². The third-order valence-electron chi connectivity index (χ3n) is 9.53. The first-order valence-corrected chi connectivity index (χ1v) is 21.9. The SMILES string of the molecule is CC(C)(C)[Si](C)(C)O[C@H]1COC(=O)CCc2ccc(OCc3ccccc3)c(c2)Oc2ccc(cc2)[C@H]1O[Si](C)(C)C(C)(C)C. The Morgan fingerprint density at radius 1 is 0.778 bits per heavy atom. The van der Waals surface area contributed by atoms with Gasteiger partial charge in [-0.2, -0.15) is 0 Å². The van der Waals surface area contributed by atoms with Crippen LogP contribution in [0.1, 0.15) is 70.8 Å². The second-order valence-corrected chi connectivity index (χ2v) is 24.6. The molecule has 0 aliphatic carbocycles. The van der Waals surface area contributed by atoms with Crippen LogP contribution in [0.5, 0.6) is 17.2 Å². The third-order valence-corrected chi connectivity index (χ3v) is 18.5. The molecular formula is C37H52O6Si2. The van der Waals surface area contributed by atoms with E-state index in [9.17, 15) is 4.79 Å². The lowest BCUT2D eigenvalue weighted by Crippen LogP contribution is -2.50. The van der Waals surface area contributed by atoms with Crippen LogP contribution in [0.25, 0.3) is 0 Å². The molecule has 0 unspecified atom stereocenters. The van der Waals surface area contributed by atoms with Gasteiger partial charge in [0.15, 0.2) is 28.1 Å². The molecule has 0 aromatic heterocycles. The number of rotatable bonds is 7. The first-order chi connectivity index (χ1) is 20.9. The smallest absolute Gasteiger partial charge is 0.306 e. The summed E-state index contributed by atoms with van der Waals surface area (Å²) < 4.78 is 32.8. The Labute approximate surface area is 272 Å². The van der Waals surface area contributed by atoms with Crippen LogP contribution in [0, 0.1) is 0 Å². The fraction of sp³-hybridized carbons (Fsp3) is 0.486. The highest BCUT2D eigenvalue weighted by molar-refractivity contribution is 6.74. The Hall–Kier alpha value is -2.92. The third kappa shape index (κ3) is 9.09. The number of ether oxygens (including phenoxy) is 3. The maximum absolute atomic E-state index is 13.2. The van der Waals surface area contributed by atoms with Crippen molar-refractivity contribution in [2.45, 2.75) is 109 Å². The van der Waals surface area contributed by atoms with Crippen LogP contribution in [0.4, 0.5) is 0 Å². The van der Waals surface area contributed by atoms with Gasteiger partial charge in [-0.3, -0.25) is 4.79 Å². The number of hydrogen-bond acceptors (Lipinski definition) is 6. The molecule has 6 nitrogen and oxygen atoms in total. The van der Waals surface area contributed by atoms with Gasteiger partial charge in [0.25, 0.3) is 0 Å². The van der Waals surface area contributed by atoms with Crippen LogP contribution in [-0.2, 0) is 31.4 Å². The van der Waals surface area contributed by atoms with Crippen LogP contribution in [-0.4, -0.2) is 35.3 Å². The highest BCUT2D eigenvalue weighted by Gasteiger charge is 2.45. The number of carbonyl (C=O) groups excluding carboxylic acids is 1. The molecule has 0 saturated carbocycles. The predicted octanol–water partition coefficient (Wildman–Crippen LogP) is 10.0. The van der Waals surface area contributed by atoms with Gasteiger partial charge in [-0.15, -0.1) is 0 Å². The molecular weight excluding hydrogens is 597 g/mol. The minimum atomic E-state index is -2.27. The molecule has 0 N–H and O–H groups in total. The van der Waals surface area contributed by atoms with E-state index in [1.807, 2.05) is 72.8 Å². The Kier molecular flexibility index (Phi) is 10.7. The van der Waals surface area contributed by atoms with Crippen molar-refractivity contribution in [2.75, 3.05) is 6.61 Å². The van der Waals surface area contributed by atoms with E-state index in [0.29, 0.717) is 30.3 Å². The summed E-state index contributed by atoms with van der Waals surface area (Å²) in [6.07, 6.45) is -0.115. The van der Waals surface area contributed by atoms with E-state index >= 15 is 0 Å². The van der Waals surface area contributed by atoms with Crippen LogP contribution < -0.4 is 9.47 Å². The normalized spacial score (nSPS) is 18.4. The van der Waals surface area contributed by atoms with Crippen LogP contribution in [0.15, 0.2) is 72.8 Å². The lowest BCUT2D eigenvalue weighted by molar-refractivity contribution is -0.148. The van der Waals surface area contributed by atoms with Gasteiger partial charge in [0, 0.05) is 6.42 Å². The van der Waals surface area contributed by atoms with Gasteiger partial charge >= 0.3 is 5.97 Å². The number of benzene rings is 3. The van der Waals surface area contributed by atoms with E-state index in [-0.39, 0.29) is 29.1 Å². The molecule has 3 aromatic rings. The number of fused-ring (bicyclic) bond motifs is 8. The van der Waals surface area contributed by atoms with Gasteiger partial charge in [-0.25, -0.2) is 0 Å². The Balaban J connectivity index is 1.73. The van der Waals surface area contributed by atoms with E-state index in [0.717, 1.165) is 16.7 Å². The molecule has 4 bridgehead atoms. The molecule has 0 saturated heterocycles. The van der Waals surface area contributed by atoms with E-state index < -0.39 is 28.8 Å². The number of carbonyl (C=O) groups is 1. The molecule has 5 rings (SSSR count). The van der Waals surface area contributed by atoms with Gasteiger partial charge in [-0.05, 0) is 83.6 Å². The molecule has 244 valence electrons. The molecule has 45 heavy (non-hydrogen) atoms. The molecule has 2 aliphatic heterocycles. The number of hydrogen-bond donors (Lipinski definition) is 0. The Morgan fingerprint density at radius 2 is 1.40 bits per heavy atom. The van der Waals surface area contributed by atoms with Crippen molar-refractivity contribution in [1.82, 2.24) is 0 Å². The summed E-state index contributed by atoms with van der Waals surface area (Å²) in [4.78, 5) is 13.2. The Bertz CT molecular complexity index is 1420. The molecule has 0 radical (unpaired) electrons. The quantitative estimate of drug-likeness (QED) is 0.188. The average Bonchev–Trinajstić information content (AvgIpc) is 2.96. The monoisotopic (exact) mass is 648 g/mol. The minimum absolute atomic E-state index is 0.0224. The molecule has 2 aliphatic rings. The fourth-order valence-electron chi connectivity index (χ4n) is 4.58. The largest absolute Gasteiger partial charge is 0.485 e. The second kappa shape index (κ2) is 13.8. The van der Waals surface area contributed by atoms with E-state index in [2.05, 4.69) is 67.7 Å². The van der Waals surface area contributed by atoms with Gasteiger partial charge < -0.3 is 23.1 Å². The first kappa shape index (κ1) is 34.9. The molecule has 3 aromatic carbocycles. The Morgan fingerprint density at radius 3 is 2.02 bits per heavy atom. The zero-order valence-electron chi connectivity index (χ0n) is 28.9. The van der Waals surface area contributed by atoms with Gasteiger partial charge in [0.2, 0.25) is 0 Å². The number of aryl methyl sites for hydroxylation is 1. The topological polar surface area (TPSA) is 63.2 Å². The van der Waals surface area contributed by atoms with Gasteiger partial charge in [0.1, 0.15) is 25.1 Å². The summed E-state index contributed by atoms with van der Waals surface area (Å²) in [5.41, 5.74) is 3.00. The summed E-state index contributed by atoms with van der Waals surface area (Å²) in [7, 11) is -4.53. The zero-order chi connectivity index (χ0) is 33.0. The van der Waals surface area contributed by atoms with Crippen molar-refractivity contribution in [3.63, 3.8) is 0 Å². The molecule has 0 spiro atoms. The van der Waals surface area contributed by atoms with E-state index in [1.165, 1.54) is 0 Å². The van der Waals surface area contributed by atoms with Crippen LogP contribution >= 0.6 is 0 Å². The van der Waals surface area contributed by atoms with Crippen molar-refractivity contribution in [2.24, 2.45) is 0 Å². The summed E-state index contributed by atoms with van der Waals surface area (Å²) in [6.45, 7) is 22.9. The van der Waals surface area contributed by atoms with Crippen molar-refractivity contribution in [3.05, 3.63) is 89.5 Å². The van der Waals surface area contributed by atoms with Gasteiger partial charge in [0.05, 0.1) is 6.10 Å². The molecule has 2 atom stereocenters. The summed E-state index contributed by atoms with van der Waals surface area (Å²) in [5.74, 6) is 1.67. The van der Waals surface area contributed by atoms with E-state index in [4.69, 9.17) is 23.1 Å². The fourth-order valence-corrected chi connectivity index (χ4v) is 7.16. The summed E-state index contributed by atoms with van der Waals surface area (Å²) >= 11 is 0. The van der Waals surface area contributed by atoms with Crippen molar-refractivity contribution in [3.8, 4) is 17.2 Å². The summed E-state index contributed by atoms with van der Waals surface area (Å²) in [5, 5.41) is -0.0526. The molecule has 2 heterocycles. The highest BCUT2D eigenvalue weighted by Crippen LogP contribution is 2.44. The van der Waals surface area contributed by atoms with Crippen molar-refractivity contribution < 1.29 is 27.9 Å². The highest BCUT2D eigenvalue weighted by atomic mass is 28.4. The predicted molar refractivity (Wildman–Crippen MR) is 186 cm³/mol. The molecule has 8 heteroatoms. The number of esters is 1. The molecule has 0 fully saturated rings. The van der Waals surface area contributed by atoms with E-state index in [1.54, 1.807) is 0 Å². The lowest BCUT2D eigenvalue weighted by Gasteiger charge is -2.45. The average molecular weight is 649 g/mol. The van der Waals surface area contributed by atoms with Gasteiger partial charge in [-0.1, -0.05) is 90.1 Å². The van der Waals surface area contributed by atoms with Crippen LogP contribution in [0.3, 0.4) is 0 Å². The minimum Gasteiger partial charge on any atom is -0.485 e. The second-order valence-electron chi connectivity index (χ2n) is 15.1. The van der Waals surface area contributed by atoms with Crippen molar-refractivity contribution in [1.29, 1.82) is 0 Å². The first-order valence-electron chi connectivity index (χ1n) is 16.0. The molecule has 0 amide bonds. The van der Waals surface area contributed by atoms with Crippen LogP contribution in [0.2, 0.25) is 36.3 Å². The lowest BCUT2D eigenvalue weighted by atomic mass is 10.0. The maximum Gasteiger partial charge on any atom is 0.306 e. The zero-order valence-corrected chi connectivity index (χ0v) is 30.9. The summed E-state index contributed by atoms with van der Waals surface area (Å²) in [6, 6.07) is 23.9. The standard InChI is InChI=1S/C37H52O6Si2/c1-36(2,3)44(7,8)42-33-26-40-34(38)23-17-27-16-22-31(39-25-28-14-12-11-13-15-28)32(24-27)41-30-20-18-29(19-21-30)35(33)43-45(9,10)37(4,5)6/h11-16,18-22,24,33,35H,17,23,25-26H2,1-10H3/t33-,35+/m0/s1.